The van der Waals surface area contributed by atoms with E-state index in [4.69, 9.17) is 9.47 Å². The molecular weight excluding hydrogens is 328 g/mol. The molecule has 0 spiro atoms. The highest BCUT2D eigenvalue weighted by molar-refractivity contribution is 5.85. The van der Waals surface area contributed by atoms with Crippen LogP contribution < -0.4 is 10.1 Å². The number of carbonyl (C=O) groups is 1. The molecule has 5 nitrogen and oxygen atoms in total. The molecule has 1 saturated carbocycles. The van der Waals surface area contributed by atoms with Crippen molar-refractivity contribution in [1.29, 1.82) is 0 Å². The second-order valence-electron chi connectivity index (χ2n) is 7.39. The van der Waals surface area contributed by atoms with Gasteiger partial charge in [-0.15, -0.1) is 0 Å². The first kappa shape index (κ1) is 19.0. The summed E-state index contributed by atoms with van der Waals surface area (Å²) in [4.78, 5) is 14.9. The third-order valence-electron chi connectivity index (χ3n) is 5.38. The predicted molar refractivity (Wildman–Crippen MR) is 104 cm³/mol. The minimum absolute atomic E-state index is 0.00540. The van der Waals surface area contributed by atoms with Gasteiger partial charge in [-0.2, -0.15) is 0 Å². The molecule has 5 heteroatoms. The van der Waals surface area contributed by atoms with Gasteiger partial charge in [-0.05, 0) is 63.7 Å². The number of amides is 1. The zero-order chi connectivity index (χ0) is 18.2. The molecule has 1 heterocycles. The zero-order valence-electron chi connectivity index (χ0n) is 15.9. The van der Waals surface area contributed by atoms with E-state index < -0.39 is 0 Å². The number of benzene rings is 1. The highest BCUT2D eigenvalue weighted by Crippen LogP contribution is 2.28. The maximum atomic E-state index is 12.4. The van der Waals surface area contributed by atoms with Gasteiger partial charge in [0.25, 0.3) is 0 Å². The van der Waals surface area contributed by atoms with E-state index in [9.17, 15) is 4.79 Å². The molecule has 0 bridgehead atoms. The summed E-state index contributed by atoms with van der Waals surface area (Å²) in [5.41, 5.74) is 0.720. The van der Waals surface area contributed by atoms with Crippen LogP contribution in [-0.4, -0.2) is 42.8 Å². The molecule has 2 fully saturated rings. The Labute approximate surface area is 157 Å². The zero-order valence-corrected chi connectivity index (χ0v) is 15.9. The molecule has 0 aromatic heterocycles. The fourth-order valence-corrected chi connectivity index (χ4v) is 3.99. The molecule has 1 aromatic rings. The summed E-state index contributed by atoms with van der Waals surface area (Å²) in [5, 5.41) is 2.87. The summed E-state index contributed by atoms with van der Waals surface area (Å²) in [7, 11) is 0. The van der Waals surface area contributed by atoms with Gasteiger partial charge in [0, 0.05) is 17.8 Å². The molecule has 1 aliphatic heterocycles. The minimum atomic E-state index is -0.355. The number of hydrogen-bond acceptors (Lipinski definition) is 4. The van der Waals surface area contributed by atoms with Crippen LogP contribution in [-0.2, 0) is 4.74 Å². The van der Waals surface area contributed by atoms with E-state index in [-0.39, 0.29) is 12.2 Å². The maximum absolute atomic E-state index is 12.4. The summed E-state index contributed by atoms with van der Waals surface area (Å²) in [5.74, 6) is 0.781. The van der Waals surface area contributed by atoms with Crippen molar-refractivity contribution < 1.29 is 14.3 Å². The Morgan fingerprint density at radius 1 is 1.19 bits per heavy atom. The van der Waals surface area contributed by atoms with E-state index in [1.807, 2.05) is 24.3 Å². The quantitative estimate of drug-likeness (QED) is 0.708. The van der Waals surface area contributed by atoms with Crippen molar-refractivity contribution in [2.75, 3.05) is 25.0 Å². The lowest BCUT2D eigenvalue weighted by molar-refractivity contribution is 0.0176. The van der Waals surface area contributed by atoms with E-state index in [0.29, 0.717) is 12.6 Å². The van der Waals surface area contributed by atoms with Gasteiger partial charge in [-0.25, -0.2) is 4.79 Å². The third kappa shape index (κ3) is 5.37. The molecule has 1 saturated heterocycles. The van der Waals surface area contributed by atoms with Crippen molar-refractivity contribution in [1.82, 2.24) is 4.90 Å². The van der Waals surface area contributed by atoms with Crippen molar-refractivity contribution in [2.45, 2.75) is 70.4 Å². The van der Waals surface area contributed by atoms with Gasteiger partial charge in [0.2, 0.25) is 0 Å². The van der Waals surface area contributed by atoms with Crippen LogP contribution in [0.1, 0.15) is 58.3 Å². The third-order valence-corrected chi connectivity index (χ3v) is 5.38. The molecule has 2 atom stereocenters. The smallest absolute Gasteiger partial charge is 0.411 e. The Balaban J connectivity index is 1.53. The van der Waals surface area contributed by atoms with Crippen molar-refractivity contribution >= 4 is 11.8 Å². The highest BCUT2D eigenvalue weighted by atomic mass is 16.6. The number of likely N-dealkylation sites (tertiary alicyclic amines) is 1. The van der Waals surface area contributed by atoms with Crippen molar-refractivity contribution in [2.24, 2.45) is 0 Å². The number of nitrogens with one attached hydrogen (secondary N) is 1. The van der Waals surface area contributed by atoms with Crippen LogP contribution in [0.5, 0.6) is 5.75 Å². The monoisotopic (exact) mass is 360 g/mol. The number of unbranched alkanes of at least 4 members (excludes halogenated alkanes) is 1. The molecule has 1 aliphatic carbocycles. The SMILES string of the molecule is CCCCOc1cccc(NC(=O)OC2CCCCC2N2CCCC2)c1. The fourth-order valence-electron chi connectivity index (χ4n) is 3.99. The van der Waals surface area contributed by atoms with Crippen LogP contribution >= 0.6 is 0 Å². The summed E-state index contributed by atoms with van der Waals surface area (Å²) >= 11 is 0. The molecule has 3 rings (SSSR count). The molecule has 144 valence electrons. The van der Waals surface area contributed by atoms with Crippen LogP contribution in [0.2, 0.25) is 0 Å². The van der Waals surface area contributed by atoms with Gasteiger partial charge in [-0.3, -0.25) is 10.2 Å². The second kappa shape index (κ2) is 9.81. The number of hydrogen-bond donors (Lipinski definition) is 1. The Morgan fingerprint density at radius 3 is 2.81 bits per heavy atom. The fraction of sp³-hybridized carbons (Fsp3) is 0.667. The molecule has 2 aliphatic rings. The first-order valence-corrected chi connectivity index (χ1v) is 10.2. The first-order chi connectivity index (χ1) is 12.8. The molecular formula is C21H32N2O3. The van der Waals surface area contributed by atoms with Gasteiger partial charge in [0.05, 0.1) is 6.61 Å². The van der Waals surface area contributed by atoms with E-state index in [1.165, 1.54) is 19.3 Å². The number of rotatable bonds is 7. The average Bonchev–Trinajstić information content (AvgIpc) is 3.17. The average molecular weight is 360 g/mol. The van der Waals surface area contributed by atoms with Crippen LogP contribution in [0.4, 0.5) is 10.5 Å². The van der Waals surface area contributed by atoms with E-state index in [0.717, 1.165) is 56.6 Å². The highest BCUT2D eigenvalue weighted by Gasteiger charge is 2.34. The molecule has 1 amide bonds. The summed E-state index contributed by atoms with van der Waals surface area (Å²) in [6.07, 6.45) is 8.79. The molecule has 1 N–H and O–H groups in total. The first-order valence-electron chi connectivity index (χ1n) is 10.2. The van der Waals surface area contributed by atoms with Gasteiger partial charge in [0.15, 0.2) is 0 Å². The van der Waals surface area contributed by atoms with Gasteiger partial charge < -0.3 is 9.47 Å². The normalized spacial score (nSPS) is 23.6. The predicted octanol–water partition coefficient (Wildman–Crippen LogP) is 4.82. The van der Waals surface area contributed by atoms with E-state index >= 15 is 0 Å². The molecule has 26 heavy (non-hydrogen) atoms. The lowest BCUT2D eigenvalue weighted by Crippen LogP contribution is -2.46. The molecule has 0 radical (unpaired) electrons. The maximum Gasteiger partial charge on any atom is 0.411 e. The molecule has 2 unspecified atom stereocenters. The Hall–Kier alpha value is -1.75. The second-order valence-corrected chi connectivity index (χ2v) is 7.39. The largest absolute Gasteiger partial charge is 0.494 e. The van der Waals surface area contributed by atoms with Crippen LogP contribution in [0, 0.1) is 0 Å². The number of nitrogens with zero attached hydrogens (tertiary/aromatic N) is 1. The Bertz CT molecular complexity index is 572. The summed E-state index contributed by atoms with van der Waals surface area (Å²) < 4.78 is 11.5. The van der Waals surface area contributed by atoms with E-state index in [1.54, 1.807) is 0 Å². The van der Waals surface area contributed by atoms with Crippen LogP contribution in [0.3, 0.4) is 0 Å². The van der Waals surface area contributed by atoms with Crippen molar-refractivity contribution in [3.63, 3.8) is 0 Å². The lowest BCUT2D eigenvalue weighted by atomic mass is 9.91. The Morgan fingerprint density at radius 2 is 2.00 bits per heavy atom. The topological polar surface area (TPSA) is 50.8 Å². The Kier molecular flexibility index (Phi) is 7.18. The number of carbonyl (C=O) groups excluding carboxylic acids is 1. The van der Waals surface area contributed by atoms with Gasteiger partial charge >= 0.3 is 6.09 Å². The van der Waals surface area contributed by atoms with Crippen molar-refractivity contribution in [3.8, 4) is 5.75 Å². The standard InChI is InChI=1S/C21H32N2O3/c1-2-3-15-25-18-10-8-9-17(16-18)22-21(24)26-20-12-5-4-11-19(20)23-13-6-7-14-23/h8-10,16,19-20H,2-7,11-15H2,1H3,(H,22,24). The minimum Gasteiger partial charge on any atom is -0.494 e. The lowest BCUT2D eigenvalue weighted by Gasteiger charge is -2.37. The van der Waals surface area contributed by atoms with Crippen molar-refractivity contribution in [3.05, 3.63) is 24.3 Å². The number of anilines is 1. The van der Waals surface area contributed by atoms with Gasteiger partial charge in [0.1, 0.15) is 11.9 Å². The van der Waals surface area contributed by atoms with E-state index in [2.05, 4.69) is 17.1 Å². The summed E-state index contributed by atoms with van der Waals surface area (Å²) in [6.45, 7) is 5.12. The van der Waals surface area contributed by atoms with Crippen LogP contribution in [0.15, 0.2) is 24.3 Å². The van der Waals surface area contributed by atoms with Crippen LogP contribution in [0.25, 0.3) is 0 Å². The number of ether oxygens (including phenoxy) is 2. The molecule has 1 aromatic carbocycles. The van der Waals surface area contributed by atoms with Gasteiger partial charge in [-0.1, -0.05) is 25.8 Å². The summed E-state index contributed by atoms with van der Waals surface area (Å²) in [6, 6.07) is 7.92.